The van der Waals surface area contributed by atoms with Gasteiger partial charge in [0.15, 0.2) is 6.29 Å². The quantitative estimate of drug-likeness (QED) is 0.672. The number of rotatable bonds is 5. The summed E-state index contributed by atoms with van der Waals surface area (Å²) in [6, 6.07) is 5.65. The first-order valence-corrected chi connectivity index (χ1v) is 6.45. The maximum absolute atomic E-state index is 11.3. The molecule has 0 aliphatic heterocycles. The number of aromatic nitrogens is 1. The first-order chi connectivity index (χ1) is 9.22. The van der Waals surface area contributed by atoms with E-state index in [-0.39, 0.29) is 5.91 Å². The van der Waals surface area contributed by atoms with Crippen LogP contribution in [0.4, 0.5) is 5.69 Å². The monoisotopic (exact) mass is 272 g/mol. The van der Waals surface area contributed by atoms with E-state index in [0.717, 1.165) is 16.7 Å². The average Bonchev–Trinajstić information content (AvgIpc) is 2.81. The molecule has 0 fully saturated rings. The molecule has 1 N–H and O–H groups in total. The van der Waals surface area contributed by atoms with E-state index >= 15 is 0 Å². The molecule has 0 saturated carbocycles. The Labute approximate surface area is 114 Å². The molecule has 0 radical (unpaired) electrons. The van der Waals surface area contributed by atoms with Crippen LogP contribution in [0.3, 0.4) is 0 Å². The summed E-state index contributed by atoms with van der Waals surface area (Å²) < 4.78 is 0. The van der Waals surface area contributed by atoms with Gasteiger partial charge < -0.3 is 5.32 Å². The number of hydrogen-bond acceptors (Lipinski definition) is 4. The lowest BCUT2D eigenvalue weighted by Crippen LogP contribution is -2.07. The lowest BCUT2D eigenvalue weighted by Gasteiger charge is -1.98. The Hall–Kier alpha value is -2.27. The molecule has 2 rings (SSSR count). The van der Waals surface area contributed by atoms with Crippen LogP contribution in [0, 0.1) is 0 Å². The Kier molecular flexibility index (Phi) is 4.20. The van der Waals surface area contributed by atoms with E-state index in [1.54, 1.807) is 12.4 Å². The molecule has 0 aliphatic rings. The molecule has 2 aromatic rings. The van der Waals surface area contributed by atoms with Gasteiger partial charge in [0, 0.05) is 23.7 Å². The van der Waals surface area contributed by atoms with Gasteiger partial charge in [0.2, 0.25) is 5.91 Å². The van der Waals surface area contributed by atoms with Gasteiger partial charge in [-0.2, -0.15) is 0 Å². The summed E-state index contributed by atoms with van der Waals surface area (Å²) in [6.07, 6.45) is 6.08. The minimum Gasteiger partial charge on any atom is -0.321 e. The van der Waals surface area contributed by atoms with E-state index in [0.29, 0.717) is 17.0 Å². The van der Waals surface area contributed by atoms with Gasteiger partial charge in [-0.3, -0.25) is 14.6 Å². The highest BCUT2D eigenvalue weighted by Crippen LogP contribution is 2.27. The Bertz CT molecular complexity index is 605. The van der Waals surface area contributed by atoms with Crippen LogP contribution in [0.1, 0.15) is 20.1 Å². The molecule has 2 heterocycles. The zero-order chi connectivity index (χ0) is 13.7. The Morgan fingerprint density at radius 1 is 1.42 bits per heavy atom. The third-order valence-corrected chi connectivity index (χ3v) is 3.55. The van der Waals surface area contributed by atoms with Gasteiger partial charge in [0.05, 0.1) is 10.6 Å². The number of hydrogen-bond donors (Lipinski definition) is 1. The van der Waals surface area contributed by atoms with E-state index < -0.39 is 0 Å². The van der Waals surface area contributed by atoms with E-state index in [9.17, 15) is 9.59 Å². The van der Waals surface area contributed by atoms with Crippen LogP contribution in [0.25, 0.3) is 0 Å². The number of carbonyl (C=O) groups excluding carboxylic acids is 2. The van der Waals surface area contributed by atoms with Gasteiger partial charge in [-0.1, -0.05) is 6.58 Å². The van der Waals surface area contributed by atoms with Crippen molar-refractivity contribution in [3.8, 4) is 0 Å². The van der Waals surface area contributed by atoms with Crippen molar-refractivity contribution < 1.29 is 9.59 Å². The largest absolute Gasteiger partial charge is 0.321 e. The fourth-order valence-electron chi connectivity index (χ4n) is 1.62. The van der Waals surface area contributed by atoms with E-state index in [2.05, 4.69) is 16.9 Å². The number of nitrogens with one attached hydrogen (secondary N) is 1. The molecule has 96 valence electrons. The SMILES string of the molecule is C=CC(=O)Nc1cc(Cc2ccncc2)sc1C=O. The molecule has 0 saturated heterocycles. The van der Waals surface area contributed by atoms with Gasteiger partial charge in [-0.15, -0.1) is 11.3 Å². The highest BCUT2D eigenvalue weighted by Gasteiger charge is 2.10. The first kappa shape index (κ1) is 13.2. The van der Waals surface area contributed by atoms with Crippen molar-refractivity contribution in [2.24, 2.45) is 0 Å². The molecule has 1 amide bonds. The molecule has 0 atom stereocenters. The highest BCUT2D eigenvalue weighted by molar-refractivity contribution is 7.14. The molecule has 0 aromatic carbocycles. The van der Waals surface area contributed by atoms with Crippen molar-refractivity contribution in [2.75, 3.05) is 5.32 Å². The Morgan fingerprint density at radius 2 is 2.16 bits per heavy atom. The maximum Gasteiger partial charge on any atom is 0.247 e. The standard InChI is InChI=1S/C14H12N2O2S/c1-2-14(18)16-12-8-11(19-13(12)9-17)7-10-3-5-15-6-4-10/h2-6,8-9H,1,7H2,(H,16,18). The molecule has 4 nitrogen and oxygen atoms in total. The predicted octanol–water partition coefficient (Wildman–Crippen LogP) is 2.67. The second kappa shape index (κ2) is 6.06. The molecule has 5 heteroatoms. The third-order valence-electron chi connectivity index (χ3n) is 2.49. The first-order valence-electron chi connectivity index (χ1n) is 5.63. The number of carbonyl (C=O) groups is 2. The summed E-state index contributed by atoms with van der Waals surface area (Å²) in [5, 5.41) is 2.63. The summed E-state index contributed by atoms with van der Waals surface area (Å²) in [7, 11) is 0. The van der Waals surface area contributed by atoms with Crippen molar-refractivity contribution in [2.45, 2.75) is 6.42 Å². The lowest BCUT2D eigenvalue weighted by atomic mass is 10.2. The van der Waals surface area contributed by atoms with Crippen molar-refractivity contribution in [1.29, 1.82) is 0 Å². The zero-order valence-electron chi connectivity index (χ0n) is 10.1. The van der Waals surface area contributed by atoms with Gasteiger partial charge in [0.1, 0.15) is 0 Å². The Morgan fingerprint density at radius 3 is 2.79 bits per heavy atom. The van der Waals surface area contributed by atoms with E-state index in [1.807, 2.05) is 18.2 Å². The number of nitrogens with zero attached hydrogens (tertiary/aromatic N) is 1. The molecule has 0 bridgehead atoms. The average molecular weight is 272 g/mol. The molecule has 0 spiro atoms. The number of pyridine rings is 1. The highest BCUT2D eigenvalue weighted by atomic mass is 32.1. The summed E-state index contributed by atoms with van der Waals surface area (Å²) in [5.74, 6) is -0.323. The van der Waals surface area contributed by atoms with Crippen LogP contribution >= 0.6 is 11.3 Å². The van der Waals surface area contributed by atoms with E-state index in [1.165, 1.54) is 17.4 Å². The van der Waals surface area contributed by atoms with Crippen molar-refractivity contribution in [1.82, 2.24) is 4.98 Å². The minimum absolute atomic E-state index is 0.323. The van der Waals surface area contributed by atoms with Gasteiger partial charge >= 0.3 is 0 Å². The van der Waals surface area contributed by atoms with Crippen molar-refractivity contribution in [3.05, 3.63) is 58.6 Å². The number of aldehydes is 1. The number of anilines is 1. The van der Waals surface area contributed by atoms with Crippen molar-refractivity contribution in [3.63, 3.8) is 0 Å². The topological polar surface area (TPSA) is 59.1 Å². The fourth-order valence-corrected chi connectivity index (χ4v) is 2.58. The molecular formula is C14H12N2O2S. The lowest BCUT2D eigenvalue weighted by molar-refractivity contribution is -0.111. The molecule has 19 heavy (non-hydrogen) atoms. The second-order valence-corrected chi connectivity index (χ2v) is 5.00. The van der Waals surface area contributed by atoms with Crippen LogP contribution in [-0.4, -0.2) is 17.2 Å². The van der Waals surface area contributed by atoms with Gasteiger partial charge in [-0.25, -0.2) is 0 Å². The van der Waals surface area contributed by atoms with Gasteiger partial charge in [0.25, 0.3) is 0 Å². The summed E-state index contributed by atoms with van der Waals surface area (Å²) in [4.78, 5) is 27.7. The maximum atomic E-state index is 11.3. The Balaban J connectivity index is 2.21. The van der Waals surface area contributed by atoms with Crippen LogP contribution in [0.15, 0.2) is 43.2 Å². The molecule has 0 aliphatic carbocycles. The summed E-state index contributed by atoms with van der Waals surface area (Å²) in [6.45, 7) is 3.38. The normalized spacial score (nSPS) is 9.89. The van der Waals surface area contributed by atoms with Gasteiger partial charge in [-0.05, 0) is 29.8 Å². The summed E-state index contributed by atoms with van der Waals surface area (Å²) in [5.41, 5.74) is 1.64. The smallest absolute Gasteiger partial charge is 0.247 e. The third kappa shape index (κ3) is 3.35. The van der Waals surface area contributed by atoms with E-state index in [4.69, 9.17) is 0 Å². The van der Waals surface area contributed by atoms with Crippen LogP contribution in [-0.2, 0) is 11.2 Å². The van der Waals surface area contributed by atoms with Crippen LogP contribution < -0.4 is 5.32 Å². The molecule has 2 aromatic heterocycles. The number of amides is 1. The predicted molar refractivity (Wildman–Crippen MR) is 75.6 cm³/mol. The van der Waals surface area contributed by atoms with Crippen LogP contribution in [0.5, 0.6) is 0 Å². The molecular weight excluding hydrogens is 260 g/mol. The summed E-state index contributed by atoms with van der Waals surface area (Å²) >= 11 is 1.37. The second-order valence-electron chi connectivity index (χ2n) is 3.83. The van der Waals surface area contributed by atoms with Crippen molar-refractivity contribution >= 4 is 29.2 Å². The van der Waals surface area contributed by atoms with Crippen LogP contribution in [0.2, 0.25) is 0 Å². The zero-order valence-corrected chi connectivity index (χ0v) is 10.9. The minimum atomic E-state index is -0.323. The number of thiophene rings is 1. The fraction of sp³-hybridized carbons (Fsp3) is 0.0714. The molecule has 0 unspecified atom stereocenters.